The second kappa shape index (κ2) is 7.32. The van der Waals surface area contributed by atoms with Crippen LogP contribution in [0, 0.1) is 0 Å². The fourth-order valence-corrected chi connectivity index (χ4v) is 2.24. The van der Waals surface area contributed by atoms with Crippen molar-refractivity contribution in [3.63, 3.8) is 0 Å². The molecule has 0 spiro atoms. The molecule has 0 aliphatic carbocycles. The van der Waals surface area contributed by atoms with Gasteiger partial charge in [-0.3, -0.25) is 0 Å². The van der Waals surface area contributed by atoms with Crippen LogP contribution in [0.2, 0.25) is 5.02 Å². The first-order chi connectivity index (χ1) is 9.74. The van der Waals surface area contributed by atoms with Crippen LogP contribution in [0.4, 0.5) is 0 Å². The predicted octanol–water partition coefficient (Wildman–Crippen LogP) is 4.80. The molecule has 0 fully saturated rings. The van der Waals surface area contributed by atoms with E-state index in [1.807, 2.05) is 30.3 Å². The summed E-state index contributed by atoms with van der Waals surface area (Å²) in [5.41, 5.74) is 2.26. The Bertz CT molecular complexity index is 569. The largest absolute Gasteiger partial charge is 0.457 e. The van der Waals surface area contributed by atoms with E-state index in [0.717, 1.165) is 35.1 Å². The fraction of sp³-hybridized carbons (Fsp3) is 0.294. The van der Waals surface area contributed by atoms with Gasteiger partial charge in [0, 0.05) is 17.1 Å². The number of hydrogen-bond donors (Lipinski definition) is 1. The summed E-state index contributed by atoms with van der Waals surface area (Å²) >= 11 is 6.27. The van der Waals surface area contributed by atoms with Gasteiger partial charge in [0.2, 0.25) is 0 Å². The van der Waals surface area contributed by atoms with Gasteiger partial charge in [0.1, 0.15) is 11.5 Å². The van der Waals surface area contributed by atoms with E-state index < -0.39 is 0 Å². The smallest absolute Gasteiger partial charge is 0.133 e. The normalized spacial score (nSPS) is 10.6. The molecule has 0 heterocycles. The van der Waals surface area contributed by atoms with Crippen molar-refractivity contribution >= 4 is 11.6 Å². The van der Waals surface area contributed by atoms with Gasteiger partial charge in [-0.05, 0) is 42.8 Å². The van der Waals surface area contributed by atoms with Gasteiger partial charge >= 0.3 is 0 Å². The van der Waals surface area contributed by atoms with Crippen molar-refractivity contribution in [1.29, 1.82) is 0 Å². The molecule has 2 rings (SSSR count). The molecule has 0 aliphatic heterocycles. The molecule has 0 aromatic heterocycles. The van der Waals surface area contributed by atoms with Gasteiger partial charge in [0.25, 0.3) is 0 Å². The monoisotopic (exact) mass is 289 g/mol. The SMILES string of the molecule is CCNCc1c(Cl)cccc1Oc1cccc(CC)c1. The lowest BCUT2D eigenvalue weighted by Crippen LogP contribution is -2.12. The van der Waals surface area contributed by atoms with Crippen LogP contribution in [-0.2, 0) is 13.0 Å². The first-order valence-electron chi connectivity index (χ1n) is 6.99. The van der Waals surface area contributed by atoms with Crippen molar-refractivity contribution in [2.45, 2.75) is 26.8 Å². The number of ether oxygens (including phenoxy) is 1. The summed E-state index contributed by atoms with van der Waals surface area (Å²) in [4.78, 5) is 0. The zero-order valence-corrected chi connectivity index (χ0v) is 12.7. The Morgan fingerprint density at radius 1 is 1.10 bits per heavy atom. The quantitative estimate of drug-likeness (QED) is 0.824. The molecule has 0 atom stereocenters. The molecule has 1 N–H and O–H groups in total. The van der Waals surface area contributed by atoms with Crippen LogP contribution in [-0.4, -0.2) is 6.54 Å². The summed E-state index contributed by atoms with van der Waals surface area (Å²) in [7, 11) is 0. The van der Waals surface area contributed by atoms with Crippen LogP contribution in [0.3, 0.4) is 0 Å². The summed E-state index contributed by atoms with van der Waals surface area (Å²) in [5, 5.41) is 4.02. The molecule has 20 heavy (non-hydrogen) atoms. The molecule has 0 unspecified atom stereocenters. The topological polar surface area (TPSA) is 21.3 Å². The van der Waals surface area contributed by atoms with Crippen molar-refractivity contribution in [1.82, 2.24) is 5.32 Å². The minimum absolute atomic E-state index is 0.707. The van der Waals surface area contributed by atoms with Crippen molar-refractivity contribution in [2.75, 3.05) is 6.54 Å². The molecule has 0 aliphatic rings. The zero-order chi connectivity index (χ0) is 14.4. The van der Waals surface area contributed by atoms with Crippen LogP contribution in [0.15, 0.2) is 42.5 Å². The number of nitrogens with one attached hydrogen (secondary N) is 1. The van der Waals surface area contributed by atoms with E-state index in [1.54, 1.807) is 0 Å². The maximum absolute atomic E-state index is 6.27. The summed E-state index contributed by atoms with van der Waals surface area (Å²) < 4.78 is 6.01. The Morgan fingerprint density at radius 2 is 1.90 bits per heavy atom. The van der Waals surface area contributed by atoms with Crippen LogP contribution in [0.1, 0.15) is 25.0 Å². The molecule has 0 saturated heterocycles. The van der Waals surface area contributed by atoms with Crippen LogP contribution in [0.5, 0.6) is 11.5 Å². The van der Waals surface area contributed by atoms with Crippen LogP contribution < -0.4 is 10.1 Å². The molecular weight excluding hydrogens is 270 g/mol. The van der Waals surface area contributed by atoms with E-state index in [1.165, 1.54) is 5.56 Å². The third-order valence-electron chi connectivity index (χ3n) is 3.16. The first-order valence-corrected chi connectivity index (χ1v) is 7.37. The van der Waals surface area contributed by atoms with Crippen molar-refractivity contribution < 1.29 is 4.74 Å². The molecular formula is C17H20ClNO. The highest BCUT2D eigenvalue weighted by Crippen LogP contribution is 2.30. The second-order valence-corrected chi connectivity index (χ2v) is 5.01. The number of aryl methyl sites for hydroxylation is 1. The van der Waals surface area contributed by atoms with Gasteiger partial charge in [0.15, 0.2) is 0 Å². The third kappa shape index (κ3) is 3.75. The van der Waals surface area contributed by atoms with Gasteiger partial charge in [0.05, 0.1) is 0 Å². The van der Waals surface area contributed by atoms with Gasteiger partial charge in [-0.2, -0.15) is 0 Å². The minimum Gasteiger partial charge on any atom is -0.457 e. The standard InChI is InChI=1S/C17H20ClNO/c1-3-13-7-5-8-14(11-13)20-17-10-6-9-16(18)15(17)12-19-4-2/h5-11,19H,3-4,12H2,1-2H3. The van der Waals surface area contributed by atoms with E-state index in [0.29, 0.717) is 6.54 Å². The summed E-state index contributed by atoms with van der Waals surface area (Å²) in [6, 6.07) is 13.9. The van der Waals surface area contributed by atoms with Gasteiger partial charge in [-0.25, -0.2) is 0 Å². The highest BCUT2D eigenvalue weighted by Gasteiger charge is 2.09. The van der Waals surface area contributed by atoms with Crippen molar-refractivity contribution in [3.8, 4) is 11.5 Å². The van der Waals surface area contributed by atoms with Crippen molar-refractivity contribution in [2.24, 2.45) is 0 Å². The third-order valence-corrected chi connectivity index (χ3v) is 3.52. The molecule has 0 radical (unpaired) electrons. The van der Waals surface area contributed by atoms with Gasteiger partial charge in [-0.1, -0.05) is 43.6 Å². The highest BCUT2D eigenvalue weighted by molar-refractivity contribution is 6.31. The first kappa shape index (κ1) is 14.9. The maximum Gasteiger partial charge on any atom is 0.133 e. The number of hydrogen-bond acceptors (Lipinski definition) is 2. The number of rotatable bonds is 6. The molecule has 2 aromatic rings. The average Bonchev–Trinajstić information content (AvgIpc) is 2.47. The van der Waals surface area contributed by atoms with Gasteiger partial charge in [-0.15, -0.1) is 0 Å². The Balaban J connectivity index is 2.25. The Kier molecular flexibility index (Phi) is 5.45. The van der Waals surface area contributed by atoms with Crippen molar-refractivity contribution in [3.05, 3.63) is 58.6 Å². The fourth-order valence-electron chi connectivity index (χ4n) is 2.01. The Labute approximate surface area is 125 Å². The summed E-state index contributed by atoms with van der Waals surface area (Å²) in [6.45, 7) is 5.81. The van der Waals surface area contributed by atoms with E-state index in [9.17, 15) is 0 Å². The lowest BCUT2D eigenvalue weighted by Gasteiger charge is -2.13. The molecule has 106 valence electrons. The lowest BCUT2D eigenvalue weighted by atomic mass is 10.1. The number of benzene rings is 2. The summed E-state index contributed by atoms with van der Waals surface area (Å²) in [6.07, 6.45) is 0.997. The minimum atomic E-state index is 0.707. The van der Waals surface area contributed by atoms with Crippen LogP contribution in [0.25, 0.3) is 0 Å². The Hall–Kier alpha value is -1.51. The number of halogens is 1. The molecule has 0 bridgehead atoms. The van der Waals surface area contributed by atoms with Crippen LogP contribution >= 0.6 is 11.6 Å². The lowest BCUT2D eigenvalue weighted by molar-refractivity contribution is 0.473. The second-order valence-electron chi connectivity index (χ2n) is 4.60. The van der Waals surface area contributed by atoms with E-state index in [2.05, 4.69) is 31.3 Å². The molecule has 3 heteroatoms. The average molecular weight is 290 g/mol. The highest BCUT2D eigenvalue weighted by atomic mass is 35.5. The predicted molar refractivity (Wildman–Crippen MR) is 84.7 cm³/mol. The maximum atomic E-state index is 6.27. The summed E-state index contributed by atoms with van der Waals surface area (Å²) in [5.74, 6) is 1.66. The molecule has 0 amide bonds. The van der Waals surface area contributed by atoms with E-state index in [4.69, 9.17) is 16.3 Å². The molecule has 2 nitrogen and oxygen atoms in total. The molecule has 2 aromatic carbocycles. The Morgan fingerprint density at radius 3 is 2.65 bits per heavy atom. The zero-order valence-electron chi connectivity index (χ0n) is 11.9. The molecule has 0 saturated carbocycles. The van der Waals surface area contributed by atoms with E-state index >= 15 is 0 Å². The van der Waals surface area contributed by atoms with Gasteiger partial charge < -0.3 is 10.1 Å². The van der Waals surface area contributed by atoms with E-state index in [-0.39, 0.29) is 0 Å².